The maximum Gasteiger partial charge on any atom is 0.261 e. The molecule has 3 aromatic carbocycles. The highest BCUT2D eigenvalue weighted by atomic mass is 32.2. The zero-order valence-electron chi connectivity index (χ0n) is 19.3. The van der Waals surface area contributed by atoms with Gasteiger partial charge < -0.3 is 15.5 Å². The van der Waals surface area contributed by atoms with Crippen molar-refractivity contribution < 1.29 is 13.2 Å². The lowest BCUT2D eigenvalue weighted by molar-refractivity contribution is 0.0951. The maximum atomic E-state index is 13.2. The van der Waals surface area contributed by atoms with E-state index in [0.717, 1.165) is 49.4 Å². The van der Waals surface area contributed by atoms with Crippen molar-refractivity contribution in [1.29, 1.82) is 0 Å². The summed E-state index contributed by atoms with van der Waals surface area (Å²) in [4.78, 5) is 15.2. The number of nitrogens with zero attached hydrogens (tertiary/aromatic N) is 1. The van der Waals surface area contributed by atoms with Crippen LogP contribution in [0.25, 0.3) is 0 Å². The van der Waals surface area contributed by atoms with Gasteiger partial charge in [-0.2, -0.15) is 0 Å². The predicted octanol–water partition coefficient (Wildman–Crippen LogP) is 3.39. The van der Waals surface area contributed by atoms with Crippen molar-refractivity contribution in [1.82, 2.24) is 10.6 Å². The number of anilines is 2. The Morgan fingerprint density at radius 2 is 1.65 bits per heavy atom. The Morgan fingerprint density at radius 1 is 0.941 bits per heavy atom. The lowest BCUT2D eigenvalue weighted by Crippen LogP contribution is -2.43. The van der Waals surface area contributed by atoms with Crippen LogP contribution in [-0.4, -0.2) is 40.5 Å². The molecule has 0 radical (unpaired) electrons. The van der Waals surface area contributed by atoms with Gasteiger partial charge in [0.05, 0.1) is 16.3 Å². The van der Waals surface area contributed by atoms with Crippen LogP contribution in [0, 0.1) is 0 Å². The van der Waals surface area contributed by atoms with E-state index in [1.165, 1.54) is 0 Å². The summed E-state index contributed by atoms with van der Waals surface area (Å²) in [5.41, 5.74) is 3.61. The number of nitrogens with one attached hydrogen (secondary N) is 3. The first kappa shape index (κ1) is 23.8. The van der Waals surface area contributed by atoms with Crippen molar-refractivity contribution in [3.8, 4) is 0 Å². The highest BCUT2D eigenvalue weighted by Gasteiger charge is 2.21. The Morgan fingerprint density at radius 3 is 2.32 bits per heavy atom. The molecule has 3 N–H and O–H groups in total. The topological polar surface area (TPSA) is 90.5 Å². The standard InChI is InChI=1S/C26H30N4O3S/c1-2-20-8-11-23(12-9-20)34(32,33)29-24-18-22(10-13-25(24)30-16-14-27-15-17-30)26(31)28-19-21-6-4-3-5-7-21/h3-13,18,27,29H,2,14-17,19H2,1H3,(H,28,31). The average molecular weight is 479 g/mol. The van der Waals surface area contributed by atoms with Crippen molar-refractivity contribution in [3.63, 3.8) is 0 Å². The Kier molecular flexibility index (Phi) is 7.49. The van der Waals surface area contributed by atoms with Crippen molar-refractivity contribution in [2.75, 3.05) is 35.8 Å². The van der Waals surface area contributed by atoms with Crippen molar-refractivity contribution >= 4 is 27.3 Å². The first-order chi connectivity index (χ1) is 16.5. The molecule has 3 aromatic rings. The molecule has 0 spiro atoms. The van der Waals surface area contributed by atoms with Gasteiger partial charge in [-0.15, -0.1) is 0 Å². The molecule has 178 valence electrons. The summed E-state index contributed by atoms with van der Waals surface area (Å²) in [6, 6.07) is 21.7. The molecule has 0 unspecified atom stereocenters. The monoisotopic (exact) mass is 478 g/mol. The number of hydrogen-bond donors (Lipinski definition) is 3. The van der Waals surface area contributed by atoms with E-state index in [1.807, 2.05) is 55.5 Å². The van der Waals surface area contributed by atoms with Gasteiger partial charge in [-0.05, 0) is 47.9 Å². The molecular weight excluding hydrogens is 448 g/mol. The highest BCUT2D eigenvalue weighted by Crippen LogP contribution is 2.30. The lowest BCUT2D eigenvalue weighted by Gasteiger charge is -2.31. The molecule has 0 aromatic heterocycles. The fourth-order valence-corrected chi connectivity index (χ4v) is 4.99. The SMILES string of the molecule is CCc1ccc(S(=O)(=O)Nc2cc(C(=O)NCc3ccccc3)ccc2N2CCNCC2)cc1. The number of benzene rings is 3. The molecule has 8 heteroatoms. The van der Waals surface area contributed by atoms with Crippen molar-refractivity contribution in [2.24, 2.45) is 0 Å². The third-order valence-electron chi connectivity index (χ3n) is 5.90. The largest absolute Gasteiger partial charge is 0.367 e. The fraction of sp³-hybridized carbons (Fsp3) is 0.269. The number of carbonyl (C=O) groups excluding carboxylic acids is 1. The average Bonchev–Trinajstić information content (AvgIpc) is 2.88. The quantitative estimate of drug-likeness (QED) is 0.462. The van der Waals surface area contributed by atoms with E-state index in [0.29, 0.717) is 17.8 Å². The zero-order valence-corrected chi connectivity index (χ0v) is 20.1. The molecule has 7 nitrogen and oxygen atoms in total. The van der Waals surface area contributed by atoms with Crippen LogP contribution in [-0.2, 0) is 23.0 Å². The van der Waals surface area contributed by atoms with E-state index in [9.17, 15) is 13.2 Å². The Balaban J connectivity index is 1.61. The molecule has 0 atom stereocenters. The first-order valence-electron chi connectivity index (χ1n) is 11.5. The summed E-state index contributed by atoms with van der Waals surface area (Å²) >= 11 is 0. The normalized spacial score (nSPS) is 14.0. The maximum absolute atomic E-state index is 13.2. The van der Waals surface area contributed by atoms with Gasteiger partial charge in [-0.1, -0.05) is 49.4 Å². The number of hydrogen-bond acceptors (Lipinski definition) is 5. The number of aryl methyl sites for hydroxylation is 1. The molecule has 34 heavy (non-hydrogen) atoms. The Hall–Kier alpha value is -3.36. The summed E-state index contributed by atoms with van der Waals surface area (Å²) in [6.45, 7) is 5.53. The van der Waals surface area contributed by atoms with Crippen molar-refractivity contribution in [3.05, 3.63) is 89.5 Å². The Bertz CT molecular complexity index is 1220. The number of piperazine rings is 1. The molecule has 1 fully saturated rings. The van der Waals surface area contributed by atoms with Crippen molar-refractivity contribution in [2.45, 2.75) is 24.8 Å². The van der Waals surface area contributed by atoms with E-state index >= 15 is 0 Å². The summed E-state index contributed by atoms with van der Waals surface area (Å²) in [7, 11) is -3.82. The van der Waals surface area contributed by atoms with E-state index in [-0.39, 0.29) is 10.8 Å². The van der Waals surface area contributed by atoms with E-state index in [2.05, 4.69) is 20.3 Å². The molecule has 1 amide bonds. The third-order valence-corrected chi connectivity index (χ3v) is 7.28. The molecular formula is C26H30N4O3S. The summed E-state index contributed by atoms with van der Waals surface area (Å²) in [6.07, 6.45) is 0.834. The van der Waals surface area contributed by atoms with E-state index in [1.54, 1.807) is 24.3 Å². The van der Waals surface area contributed by atoms with Crippen LogP contribution in [0.1, 0.15) is 28.4 Å². The van der Waals surface area contributed by atoms with Gasteiger partial charge in [0.15, 0.2) is 0 Å². The summed E-state index contributed by atoms with van der Waals surface area (Å²) < 4.78 is 29.1. The molecule has 1 heterocycles. The van der Waals surface area contributed by atoms with Crippen LogP contribution in [0.3, 0.4) is 0 Å². The van der Waals surface area contributed by atoms with Crippen LogP contribution in [0.5, 0.6) is 0 Å². The van der Waals surface area contributed by atoms with Crippen LogP contribution >= 0.6 is 0 Å². The second-order valence-electron chi connectivity index (χ2n) is 8.24. The van der Waals surface area contributed by atoms with Crippen LogP contribution in [0.4, 0.5) is 11.4 Å². The smallest absolute Gasteiger partial charge is 0.261 e. The minimum absolute atomic E-state index is 0.190. The number of amides is 1. The summed E-state index contributed by atoms with van der Waals surface area (Å²) in [5, 5.41) is 6.22. The number of sulfonamides is 1. The fourth-order valence-electron chi connectivity index (χ4n) is 3.93. The van der Waals surface area contributed by atoms with E-state index in [4.69, 9.17) is 0 Å². The van der Waals surface area contributed by atoms with Crippen LogP contribution in [0.2, 0.25) is 0 Å². The second kappa shape index (κ2) is 10.7. The molecule has 1 aliphatic heterocycles. The third kappa shape index (κ3) is 5.76. The molecule has 0 saturated carbocycles. The molecule has 1 saturated heterocycles. The zero-order chi connectivity index (χ0) is 24.0. The first-order valence-corrected chi connectivity index (χ1v) is 13.0. The highest BCUT2D eigenvalue weighted by molar-refractivity contribution is 7.92. The van der Waals surface area contributed by atoms with Gasteiger partial charge in [0.2, 0.25) is 0 Å². The van der Waals surface area contributed by atoms with Gasteiger partial charge in [-0.25, -0.2) is 8.42 Å². The molecule has 4 rings (SSSR count). The molecule has 1 aliphatic rings. The summed E-state index contributed by atoms with van der Waals surface area (Å²) in [5.74, 6) is -0.261. The number of carbonyl (C=O) groups is 1. The van der Waals surface area contributed by atoms with Gasteiger partial charge >= 0.3 is 0 Å². The molecule has 0 bridgehead atoms. The Labute approximate surface area is 201 Å². The molecule has 0 aliphatic carbocycles. The van der Waals surface area contributed by atoms with Gasteiger partial charge in [-0.3, -0.25) is 9.52 Å². The predicted molar refractivity (Wildman–Crippen MR) is 136 cm³/mol. The minimum atomic E-state index is -3.82. The lowest BCUT2D eigenvalue weighted by atomic mass is 10.1. The number of rotatable bonds is 8. The van der Waals surface area contributed by atoms with Gasteiger partial charge in [0.1, 0.15) is 0 Å². The van der Waals surface area contributed by atoms with Gasteiger partial charge in [0.25, 0.3) is 15.9 Å². The van der Waals surface area contributed by atoms with Gasteiger partial charge in [0, 0.05) is 38.3 Å². The second-order valence-corrected chi connectivity index (χ2v) is 9.92. The van der Waals surface area contributed by atoms with Crippen LogP contribution in [0.15, 0.2) is 77.7 Å². The minimum Gasteiger partial charge on any atom is -0.367 e. The van der Waals surface area contributed by atoms with E-state index < -0.39 is 10.0 Å². The van der Waals surface area contributed by atoms with Crippen LogP contribution < -0.4 is 20.3 Å².